The summed E-state index contributed by atoms with van der Waals surface area (Å²) in [6, 6.07) is 0. The molecule has 1 aromatic heterocycles. The molecule has 4 heteroatoms. The lowest BCUT2D eigenvalue weighted by molar-refractivity contribution is 0.101. The van der Waals surface area contributed by atoms with Gasteiger partial charge in [0, 0.05) is 7.05 Å². The van der Waals surface area contributed by atoms with Crippen molar-refractivity contribution in [2.75, 3.05) is 7.11 Å². The minimum absolute atomic E-state index is 0.0162. The van der Waals surface area contributed by atoms with E-state index in [1.807, 2.05) is 0 Å². The molecule has 0 atom stereocenters. The number of aromatic nitrogens is 2. The van der Waals surface area contributed by atoms with Gasteiger partial charge in [-0.3, -0.25) is 4.79 Å². The molecule has 66 valence electrons. The van der Waals surface area contributed by atoms with E-state index in [2.05, 4.69) is 5.10 Å². The van der Waals surface area contributed by atoms with Gasteiger partial charge >= 0.3 is 0 Å². The van der Waals surface area contributed by atoms with Crippen molar-refractivity contribution in [2.24, 2.45) is 7.05 Å². The van der Waals surface area contributed by atoms with Gasteiger partial charge in [-0.15, -0.1) is 0 Å². The van der Waals surface area contributed by atoms with Crippen molar-refractivity contribution >= 4 is 5.78 Å². The molecule has 0 saturated heterocycles. The maximum atomic E-state index is 11.1. The monoisotopic (exact) mass is 168 g/mol. The van der Waals surface area contributed by atoms with E-state index in [9.17, 15) is 4.79 Å². The van der Waals surface area contributed by atoms with Crippen molar-refractivity contribution in [3.05, 3.63) is 11.3 Å². The summed E-state index contributed by atoms with van der Waals surface area (Å²) in [6.07, 6.45) is 0. The molecule has 0 radical (unpaired) electrons. The summed E-state index contributed by atoms with van der Waals surface area (Å²) in [5.41, 5.74) is 1.28. The smallest absolute Gasteiger partial charge is 0.222 e. The van der Waals surface area contributed by atoms with E-state index < -0.39 is 0 Å². The highest BCUT2D eigenvalue weighted by atomic mass is 16.5. The average Bonchev–Trinajstić information content (AvgIpc) is 2.24. The first-order chi connectivity index (χ1) is 5.57. The van der Waals surface area contributed by atoms with Gasteiger partial charge in [0.05, 0.1) is 12.8 Å². The standard InChI is InChI=1S/C8H12N2O2/c1-5-7(6(2)11)8(12-4)10(3)9-5/h1-4H3. The minimum atomic E-state index is -0.0162. The number of aryl methyl sites for hydroxylation is 2. The van der Waals surface area contributed by atoms with Gasteiger partial charge in [-0.05, 0) is 13.8 Å². The Morgan fingerprint density at radius 3 is 2.50 bits per heavy atom. The van der Waals surface area contributed by atoms with E-state index >= 15 is 0 Å². The van der Waals surface area contributed by atoms with Gasteiger partial charge in [-0.25, -0.2) is 4.68 Å². The zero-order chi connectivity index (χ0) is 9.30. The Labute approximate surface area is 71.1 Å². The highest BCUT2D eigenvalue weighted by molar-refractivity contribution is 5.97. The van der Waals surface area contributed by atoms with Crippen molar-refractivity contribution in [1.29, 1.82) is 0 Å². The number of hydrogen-bond donors (Lipinski definition) is 0. The summed E-state index contributed by atoms with van der Waals surface area (Å²) >= 11 is 0. The number of ether oxygens (including phenoxy) is 1. The molecule has 1 aromatic rings. The number of hydrogen-bond acceptors (Lipinski definition) is 3. The number of carbonyl (C=O) groups excluding carboxylic acids is 1. The van der Waals surface area contributed by atoms with Crippen molar-refractivity contribution < 1.29 is 9.53 Å². The molecule has 0 aromatic carbocycles. The maximum absolute atomic E-state index is 11.1. The zero-order valence-corrected chi connectivity index (χ0v) is 7.71. The maximum Gasteiger partial charge on any atom is 0.222 e. The third kappa shape index (κ3) is 1.20. The number of Topliss-reactive ketones (excluding diaryl/α,β-unsaturated/α-hetero) is 1. The van der Waals surface area contributed by atoms with Crippen LogP contribution in [0, 0.1) is 6.92 Å². The van der Waals surface area contributed by atoms with Crippen LogP contribution in [-0.4, -0.2) is 22.7 Å². The molecule has 0 N–H and O–H groups in total. The molecule has 0 saturated carbocycles. The normalized spacial score (nSPS) is 10.0. The van der Waals surface area contributed by atoms with Crippen LogP contribution in [-0.2, 0) is 7.05 Å². The fourth-order valence-electron chi connectivity index (χ4n) is 1.28. The third-order valence-corrected chi connectivity index (χ3v) is 1.71. The second kappa shape index (κ2) is 2.97. The number of rotatable bonds is 2. The molecule has 0 aliphatic rings. The average molecular weight is 168 g/mol. The van der Waals surface area contributed by atoms with Crippen LogP contribution in [0.5, 0.6) is 5.88 Å². The number of carbonyl (C=O) groups is 1. The Hall–Kier alpha value is -1.32. The molecular weight excluding hydrogens is 156 g/mol. The topological polar surface area (TPSA) is 44.1 Å². The summed E-state index contributed by atoms with van der Waals surface area (Å²) in [4.78, 5) is 11.1. The Balaban J connectivity index is 3.32. The van der Waals surface area contributed by atoms with Crippen LogP contribution in [0.25, 0.3) is 0 Å². The van der Waals surface area contributed by atoms with Crippen LogP contribution in [0.4, 0.5) is 0 Å². The summed E-state index contributed by atoms with van der Waals surface area (Å²) in [5, 5.41) is 4.07. The first-order valence-electron chi connectivity index (χ1n) is 3.66. The molecule has 1 rings (SSSR count). The molecule has 0 spiro atoms. The summed E-state index contributed by atoms with van der Waals surface area (Å²) in [7, 11) is 3.28. The van der Waals surface area contributed by atoms with Crippen LogP contribution in [0.15, 0.2) is 0 Å². The van der Waals surface area contributed by atoms with E-state index in [0.717, 1.165) is 0 Å². The number of ketones is 1. The van der Waals surface area contributed by atoms with Crippen molar-refractivity contribution in [1.82, 2.24) is 9.78 Å². The van der Waals surface area contributed by atoms with Gasteiger partial charge in [0.2, 0.25) is 5.88 Å². The van der Waals surface area contributed by atoms with Crippen molar-refractivity contribution in [3.63, 3.8) is 0 Å². The molecule has 0 aliphatic carbocycles. The molecule has 0 aliphatic heterocycles. The van der Waals surface area contributed by atoms with Gasteiger partial charge in [-0.1, -0.05) is 0 Å². The third-order valence-electron chi connectivity index (χ3n) is 1.71. The Morgan fingerprint density at radius 2 is 2.17 bits per heavy atom. The molecule has 1 heterocycles. The predicted molar refractivity (Wildman–Crippen MR) is 44.5 cm³/mol. The fraction of sp³-hybridized carbons (Fsp3) is 0.500. The SMILES string of the molecule is COc1c(C(C)=O)c(C)nn1C. The molecule has 12 heavy (non-hydrogen) atoms. The van der Waals surface area contributed by atoms with Gasteiger partial charge in [-0.2, -0.15) is 5.10 Å². The van der Waals surface area contributed by atoms with Crippen LogP contribution in [0.3, 0.4) is 0 Å². The highest BCUT2D eigenvalue weighted by Crippen LogP contribution is 2.20. The molecule has 0 bridgehead atoms. The second-order valence-corrected chi connectivity index (χ2v) is 2.65. The van der Waals surface area contributed by atoms with Gasteiger partial charge < -0.3 is 4.74 Å². The number of methoxy groups -OCH3 is 1. The molecule has 4 nitrogen and oxygen atoms in total. The molecule has 0 unspecified atom stereocenters. The minimum Gasteiger partial charge on any atom is -0.481 e. The largest absolute Gasteiger partial charge is 0.481 e. The van der Waals surface area contributed by atoms with Gasteiger partial charge in [0.15, 0.2) is 5.78 Å². The quantitative estimate of drug-likeness (QED) is 0.617. The van der Waals surface area contributed by atoms with Crippen LogP contribution >= 0.6 is 0 Å². The number of nitrogens with zero attached hydrogens (tertiary/aromatic N) is 2. The van der Waals surface area contributed by atoms with Crippen LogP contribution in [0.2, 0.25) is 0 Å². The van der Waals surface area contributed by atoms with E-state index in [4.69, 9.17) is 4.74 Å². The van der Waals surface area contributed by atoms with Crippen LogP contribution < -0.4 is 4.74 Å². The second-order valence-electron chi connectivity index (χ2n) is 2.65. The van der Waals surface area contributed by atoms with Crippen LogP contribution in [0.1, 0.15) is 23.0 Å². The first-order valence-corrected chi connectivity index (χ1v) is 3.66. The summed E-state index contributed by atoms with van der Waals surface area (Å²) in [6.45, 7) is 3.30. The molecule has 0 amide bonds. The van der Waals surface area contributed by atoms with Crippen molar-refractivity contribution in [2.45, 2.75) is 13.8 Å². The Kier molecular flexibility index (Phi) is 2.17. The first kappa shape index (κ1) is 8.77. The van der Waals surface area contributed by atoms with E-state index in [0.29, 0.717) is 17.1 Å². The predicted octanol–water partition coefficient (Wildman–Crippen LogP) is 0.940. The van der Waals surface area contributed by atoms with E-state index in [-0.39, 0.29) is 5.78 Å². The molecular formula is C8H12N2O2. The lowest BCUT2D eigenvalue weighted by Gasteiger charge is -2.00. The lowest BCUT2D eigenvalue weighted by Crippen LogP contribution is -1.99. The van der Waals surface area contributed by atoms with Gasteiger partial charge in [0.25, 0.3) is 0 Å². The zero-order valence-electron chi connectivity index (χ0n) is 7.71. The summed E-state index contributed by atoms with van der Waals surface area (Å²) in [5.74, 6) is 0.512. The van der Waals surface area contributed by atoms with E-state index in [1.165, 1.54) is 14.0 Å². The van der Waals surface area contributed by atoms with Crippen molar-refractivity contribution in [3.8, 4) is 5.88 Å². The fourth-order valence-corrected chi connectivity index (χ4v) is 1.28. The van der Waals surface area contributed by atoms with E-state index in [1.54, 1.807) is 18.7 Å². The Morgan fingerprint density at radius 1 is 1.58 bits per heavy atom. The Bertz CT molecular complexity index is 315. The highest BCUT2D eigenvalue weighted by Gasteiger charge is 2.16. The summed E-state index contributed by atoms with van der Waals surface area (Å²) < 4.78 is 6.60. The lowest BCUT2D eigenvalue weighted by atomic mass is 10.2. The van der Waals surface area contributed by atoms with Gasteiger partial charge in [0.1, 0.15) is 5.56 Å². The molecule has 0 fully saturated rings.